The van der Waals surface area contributed by atoms with Crippen molar-refractivity contribution in [3.8, 4) is 23.0 Å². The van der Waals surface area contributed by atoms with E-state index in [9.17, 15) is 4.79 Å². The Hall–Kier alpha value is -2.69. The van der Waals surface area contributed by atoms with Crippen molar-refractivity contribution in [2.24, 2.45) is 0 Å². The van der Waals surface area contributed by atoms with Crippen molar-refractivity contribution in [3.05, 3.63) is 119 Å². The van der Waals surface area contributed by atoms with Crippen molar-refractivity contribution in [1.29, 1.82) is 0 Å². The largest absolute Gasteiger partial charge is 0.457 e. The molecule has 172 valence electrons. The highest BCUT2D eigenvalue weighted by Crippen LogP contribution is 2.37. The highest BCUT2D eigenvalue weighted by atomic mass is 35.5. The number of benzene rings is 4. The molecule has 4 aromatic carbocycles. The van der Waals surface area contributed by atoms with Crippen LogP contribution in [0.4, 0.5) is 0 Å². The van der Waals surface area contributed by atoms with Gasteiger partial charge in [0, 0.05) is 11.1 Å². The van der Waals surface area contributed by atoms with Gasteiger partial charge >= 0.3 is 0 Å². The Kier molecular flexibility index (Phi) is 8.02. The summed E-state index contributed by atoms with van der Waals surface area (Å²) in [6, 6.07) is 28.5. The van der Waals surface area contributed by atoms with Crippen molar-refractivity contribution in [2.75, 3.05) is 0 Å². The van der Waals surface area contributed by atoms with E-state index >= 15 is 0 Å². The van der Waals surface area contributed by atoms with Gasteiger partial charge in [0.2, 0.25) is 0 Å². The van der Waals surface area contributed by atoms with Crippen molar-refractivity contribution < 1.29 is 14.3 Å². The van der Waals surface area contributed by atoms with Crippen molar-refractivity contribution in [3.63, 3.8) is 0 Å². The maximum atomic E-state index is 13.5. The van der Waals surface area contributed by atoms with Gasteiger partial charge in [-0.3, -0.25) is 4.79 Å². The molecule has 0 fully saturated rings. The Morgan fingerprint density at radius 2 is 0.912 bits per heavy atom. The van der Waals surface area contributed by atoms with Crippen LogP contribution in [0.1, 0.15) is 36.7 Å². The van der Waals surface area contributed by atoms with E-state index in [0.29, 0.717) is 45.3 Å². The second-order valence-electron chi connectivity index (χ2n) is 7.26. The smallest absolute Gasteiger partial charge is 0.193 e. The average molecular weight is 532 g/mol. The van der Waals surface area contributed by atoms with Crippen LogP contribution in [0.3, 0.4) is 0 Å². The Labute approximate surface area is 217 Å². The van der Waals surface area contributed by atoms with Crippen molar-refractivity contribution in [1.82, 2.24) is 0 Å². The fourth-order valence-electron chi connectivity index (χ4n) is 3.38. The van der Waals surface area contributed by atoms with Crippen LogP contribution in [0.25, 0.3) is 0 Å². The summed E-state index contributed by atoms with van der Waals surface area (Å²) in [5, 5.41) is 0. The van der Waals surface area contributed by atoms with E-state index in [1.807, 2.05) is 60.7 Å². The van der Waals surface area contributed by atoms with Crippen LogP contribution >= 0.6 is 46.4 Å². The molecule has 0 unspecified atom stereocenters. The highest BCUT2D eigenvalue weighted by Gasteiger charge is 2.23. The minimum absolute atomic E-state index is 0.319. The van der Waals surface area contributed by atoms with Crippen molar-refractivity contribution >= 4 is 52.2 Å². The molecule has 0 bridgehead atoms. The molecule has 4 aromatic rings. The number of ether oxygens (including phenoxy) is 2. The predicted molar refractivity (Wildman–Crippen MR) is 138 cm³/mol. The number of carbonyl (C=O) groups excluding carboxylic acids is 1. The molecule has 0 spiro atoms. The third-order valence-corrected chi connectivity index (χ3v) is 5.90. The lowest BCUT2D eigenvalue weighted by Crippen LogP contribution is -2.09. The van der Waals surface area contributed by atoms with Crippen LogP contribution < -0.4 is 9.47 Å². The monoisotopic (exact) mass is 530 g/mol. The number of rotatable bonds is 8. The zero-order valence-corrected chi connectivity index (χ0v) is 20.7. The first-order chi connectivity index (χ1) is 16.4. The van der Waals surface area contributed by atoms with E-state index in [-0.39, 0.29) is 5.78 Å². The molecular formula is C27H18Cl4O3. The van der Waals surface area contributed by atoms with Crippen LogP contribution in [0.15, 0.2) is 97.1 Å². The van der Waals surface area contributed by atoms with E-state index in [4.69, 9.17) is 55.9 Å². The fraction of sp³-hybridized carbons (Fsp3) is 0.0741. The highest BCUT2D eigenvalue weighted by molar-refractivity contribution is 6.45. The summed E-state index contributed by atoms with van der Waals surface area (Å²) in [7, 11) is 0. The lowest BCUT2D eigenvalue weighted by molar-refractivity contribution is 0.103. The Morgan fingerprint density at radius 3 is 1.26 bits per heavy atom. The number of hydrogen-bond donors (Lipinski definition) is 0. The van der Waals surface area contributed by atoms with Crippen molar-refractivity contribution in [2.45, 2.75) is 9.67 Å². The summed E-state index contributed by atoms with van der Waals surface area (Å²) in [4.78, 5) is 11.6. The standard InChI is InChI=1S/C27H18Cl4O3/c28-26(29)23-15-19(33-17-7-3-1-4-8-17)11-13-21(23)25(32)22-14-12-20(16-24(22)27(30)31)34-18-9-5-2-6-10-18/h1-16,26-27H. The van der Waals surface area contributed by atoms with E-state index in [1.165, 1.54) is 0 Å². The van der Waals surface area contributed by atoms with Gasteiger partial charge in [-0.2, -0.15) is 0 Å². The van der Waals surface area contributed by atoms with Gasteiger partial charge in [-0.05, 0) is 71.8 Å². The number of para-hydroxylation sites is 2. The second kappa shape index (κ2) is 11.2. The first-order valence-electron chi connectivity index (χ1n) is 10.3. The third-order valence-electron chi connectivity index (χ3n) is 4.96. The van der Waals surface area contributed by atoms with E-state index < -0.39 is 9.67 Å². The van der Waals surface area contributed by atoms with Gasteiger partial charge in [-0.1, -0.05) is 36.4 Å². The zero-order chi connectivity index (χ0) is 24.1. The van der Waals surface area contributed by atoms with Crippen LogP contribution in [0, 0.1) is 0 Å². The van der Waals surface area contributed by atoms with Gasteiger partial charge in [0.25, 0.3) is 0 Å². The minimum atomic E-state index is -0.954. The molecule has 3 nitrogen and oxygen atoms in total. The molecule has 7 heteroatoms. The number of ketones is 1. The molecular weight excluding hydrogens is 514 g/mol. The average Bonchev–Trinajstić information content (AvgIpc) is 2.85. The third kappa shape index (κ3) is 5.86. The Morgan fingerprint density at radius 1 is 0.529 bits per heavy atom. The number of alkyl halides is 4. The Bertz CT molecular complexity index is 1180. The van der Waals surface area contributed by atoms with Crippen LogP contribution in [0.5, 0.6) is 23.0 Å². The molecule has 0 amide bonds. The van der Waals surface area contributed by atoms with Crippen LogP contribution in [0.2, 0.25) is 0 Å². The minimum Gasteiger partial charge on any atom is -0.457 e. The quantitative estimate of drug-likeness (QED) is 0.168. The normalized spacial score (nSPS) is 11.0. The lowest BCUT2D eigenvalue weighted by atomic mass is 9.95. The first-order valence-corrected chi connectivity index (χ1v) is 12.0. The van der Waals surface area contributed by atoms with E-state index in [2.05, 4.69) is 0 Å². The molecule has 34 heavy (non-hydrogen) atoms. The molecule has 0 aromatic heterocycles. The fourth-order valence-corrected chi connectivity index (χ4v) is 4.10. The summed E-state index contributed by atoms with van der Waals surface area (Å²) < 4.78 is 11.7. The second-order valence-corrected chi connectivity index (χ2v) is 9.45. The maximum Gasteiger partial charge on any atom is 0.193 e. The molecule has 0 heterocycles. The van der Waals surface area contributed by atoms with Gasteiger partial charge in [0.1, 0.15) is 32.7 Å². The molecule has 0 saturated heterocycles. The van der Waals surface area contributed by atoms with Gasteiger partial charge in [-0.15, -0.1) is 46.4 Å². The SMILES string of the molecule is O=C(c1ccc(Oc2ccccc2)cc1C(Cl)Cl)c1ccc(Oc2ccccc2)cc1C(Cl)Cl. The summed E-state index contributed by atoms with van der Waals surface area (Å²) in [6.07, 6.45) is 0. The van der Waals surface area contributed by atoms with Gasteiger partial charge in [-0.25, -0.2) is 0 Å². The summed E-state index contributed by atoms with van der Waals surface area (Å²) in [6.45, 7) is 0. The number of halogens is 4. The first kappa shape index (κ1) is 24.4. The van der Waals surface area contributed by atoms with Crippen LogP contribution in [-0.2, 0) is 0 Å². The maximum absolute atomic E-state index is 13.5. The van der Waals surface area contributed by atoms with Gasteiger partial charge in [0.15, 0.2) is 5.78 Å². The van der Waals surface area contributed by atoms with Gasteiger partial charge in [0.05, 0.1) is 0 Å². The van der Waals surface area contributed by atoms with Gasteiger partial charge < -0.3 is 9.47 Å². The summed E-state index contributed by atoms with van der Waals surface area (Å²) in [5.41, 5.74) is 1.47. The lowest BCUT2D eigenvalue weighted by Gasteiger charge is -2.16. The molecule has 0 saturated carbocycles. The molecule has 0 aliphatic rings. The molecule has 0 N–H and O–H groups in total. The van der Waals surface area contributed by atoms with Crippen LogP contribution in [-0.4, -0.2) is 5.78 Å². The number of hydrogen-bond acceptors (Lipinski definition) is 3. The predicted octanol–water partition coefficient (Wildman–Crippen LogP) is 9.45. The Balaban J connectivity index is 1.67. The molecule has 0 radical (unpaired) electrons. The molecule has 0 aliphatic carbocycles. The zero-order valence-electron chi connectivity index (χ0n) is 17.6. The summed E-state index contributed by atoms with van der Waals surface area (Å²) >= 11 is 24.9. The molecule has 0 aliphatic heterocycles. The number of carbonyl (C=O) groups is 1. The van der Waals surface area contributed by atoms with E-state index in [1.54, 1.807) is 36.4 Å². The molecule has 4 rings (SSSR count). The summed E-state index contributed by atoms with van der Waals surface area (Å²) in [5.74, 6) is 1.99. The molecule has 0 atom stereocenters. The topological polar surface area (TPSA) is 35.5 Å². The van der Waals surface area contributed by atoms with E-state index in [0.717, 1.165) is 0 Å².